The second-order valence-electron chi connectivity index (χ2n) is 3.49. The predicted molar refractivity (Wildman–Crippen MR) is 57.7 cm³/mol. The van der Waals surface area contributed by atoms with E-state index < -0.39 is 0 Å². The Morgan fingerprint density at radius 3 is 3.00 bits per heavy atom. The van der Waals surface area contributed by atoms with Crippen molar-refractivity contribution in [3.8, 4) is 0 Å². The van der Waals surface area contributed by atoms with Gasteiger partial charge in [0.25, 0.3) is 5.56 Å². The number of nitrogen functional groups attached to an aromatic ring is 1. The predicted octanol–water partition coefficient (Wildman–Crippen LogP) is 1.45. The maximum absolute atomic E-state index is 11.2. The van der Waals surface area contributed by atoms with Gasteiger partial charge in [0.05, 0.1) is 12.5 Å². The minimum absolute atomic E-state index is 0.233. The second-order valence-corrected chi connectivity index (χ2v) is 3.49. The fourth-order valence-electron chi connectivity index (χ4n) is 1.48. The summed E-state index contributed by atoms with van der Waals surface area (Å²) in [5.41, 5.74) is 8.60. The van der Waals surface area contributed by atoms with Crippen LogP contribution >= 0.6 is 0 Å². The van der Waals surface area contributed by atoms with E-state index in [2.05, 4.69) is 4.98 Å². The average Bonchev–Trinajstić information content (AvgIpc) is 2.72. The summed E-state index contributed by atoms with van der Waals surface area (Å²) in [6.45, 7) is 1.85. The maximum Gasteiger partial charge on any atom is 0.271 e. The van der Waals surface area contributed by atoms with E-state index in [1.165, 1.54) is 0 Å². The molecule has 0 saturated heterocycles. The van der Waals surface area contributed by atoms with Crippen LogP contribution in [0.3, 0.4) is 0 Å². The molecule has 3 N–H and O–H groups in total. The minimum Gasteiger partial charge on any atom is -0.472 e. The number of hydrogen-bond acceptors (Lipinski definition) is 3. The maximum atomic E-state index is 11.2. The van der Waals surface area contributed by atoms with Crippen molar-refractivity contribution in [2.24, 2.45) is 0 Å². The Kier molecular flexibility index (Phi) is 2.33. The third-order valence-electron chi connectivity index (χ3n) is 2.48. The zero-order chi connectivity index (χ0) is 10.8. The topological polar surface area (TPSA) is 72.0 Å². The molecule has 0 aliphatic rings. The van der Waals surface area contributed by atoms with Crippen LogP contribution in [0.2, 0.25) is 0 Å². The Bertz CT molecular complexity index is 512. The highest BCUT2D eigenvalue weighted by Gasteiger charge is 2.06. The molecule has 0 spiro atoms. The van der Waals surface area contributed by atoms with E-state index in [0.717, 1.165) is 16.7 Å². The van der Waals surface area contributed by atoms with Crippen LogP contribution in [0.15, 0.2) is 34.0 Å². The van der Waals surface area contributed by atoms with Gasteiger partial charge in [-0.2, -0.15) is 0 Å². The molecule has 0 saturated carbocycles. The number of pyridine rings is 1. The normalized spacial score (nSPS) is 10.5. The molecule has 2 aromatic heterocycles. The molecule has 0 atom stereocenters. The van der Waals surface area contributed by atoms with Crippen molar-refractivity contribution in [3.63, 3.8) is 0 Å². The van der Waals surface area contributed by atoms with Crippen molar-refractivity contribution < 1.29 is 4.42 Å². The van der Waals surface area contributed by atoms with Crippen LogP contribution in [0.4, 0.5) is 5.69 Å². The number of rotatable bonds is 2. The number of aromatic nitrogens is 1. The molecule has 2 rings (SSSR count). The summed E-state index contributed by atoms with van der Waals surface area (Å²) in [7, 11) is 0. The lowest BCUT2D eigenvalue weighted by atomic mass is 10.0. The monoisotopic (exact) mass is 204 g/mol. The standard InChI is InChI=1S/C11H12N2O2/c1-7-9(4-8-2-3-15-6-8)5-13-11(14)10(7)12/h2-3,5-6H,4,12H2,1H3,(H,13,14). The first-order valence-electron chi connectivity index (χ1n) is 4.66. The lowest BCUT2D eigenvalue weighted by molar-refractivity contribution is 0.564. The molecule has 2 aromatic rings. The molecule has 2 heterocycles. The fourth-order valence-corrected chi connectivity index (χ4v) is 1.48. The number of H-pyrrole nitrogens is 1. The number of furan rings is 1. The number of anilines is 1. The molecule has 0 fully saturated rings. The molecule has 0 bridgehead atoms. The molecule has 0 aromatic carbocycles. The SMILES string of the molecule is Cc1c(Cc2ccoc2)c[nH]c(=O)c1N. The fraction of sp³-hybridized carbons (Fsp3) is 0.182. The van der Waals surface area contributed by atoms with Crippen LogP contribution in [0, 0.1) is 6.92 Å². The minimum atomic E-state index is -0.233. The van der Waals surface area contributed by atoms with Crippen LogP contribution in [-0.4, -0.2) is 4.98 Å². The number of nitrogens with one attached hydrogen (secondary N) is 1. The summed E-state index contributed by atoms with van der Waals surface area (Å²) in [5.74, 6) is 0. The van der Waals surface area contributed by atoms with Crippen molar-refractivity contribution in [2.45, 2.75) is 13.3 Å². The van der Waals surface area contributed by atoms with Crippen molar-refractivity contribution in [3.05, 3.63) is 51.8 Å². The summed E-state index contributed by atoms with van der Waals surface area (Å²) in [6, 6.07) is 1.89. The number of aromatic amines is 1. The van der Waals surface area contributed by atoms with E-state index in [-0.39, 0.29) is 11.2 Å². The molecule has 0 unspecified atom stereocenters. The lowest BCUT2D eigenvalue weighted by Crippen LogP contribution is -2.14. The molecule has 4 nitrogen and oxygen atoms in total. The first-order chi connectivity index (χ1) is 7.18. The summed E-state index contributed by atoms with van der Waals surface area (Å²) in [5, 5.41) is 0. The van der Waals surface area contributed by atoms with Crippen molar-refractivity contribution in [2.75, 3.05) is 5.73 Å². The zero-order valence-corrected chi connectivity index (χ0v) is 8.41. The van der Waals surface area contributed by atoms with Crippen LogP contribution in [0.1, 0.15) is 16.7 Å². The Labute approximate surface area is 86.7 Å². The highest BCUT2D eigenvalue weighted by Crippen LogP contribution is 2.15. The molecule has 0 aliphatic heterocycles. The summed E-state index contributed by atoms with van der Waals surface area (Å²) >= 11 is 0. The number of hydrogen-bond donors (Lipinski definition) is 2. The molecule has 15 heavy (non-hydrogen) atoms. The lowest BCUT2D eigenvalue weighted by Gasteiger charge is -2.05. The quantitative estimate of drug-likeness (QED) is 0.777. The molecule has 4 heteroatoms. The van der Waals surface area contributed by atoms with Gasteiger partial charge in [0.1, 0.15) is 5.69 Å². The Morgan fingerprint density at radius 1 is 1.53 bits per heavy atom. The van der Waals surface area contributed by atoms with Crippen molar-refractivity contribution in [1.29, 1.82) is 0 Å². The van der Waals surface area contributed by atoms with Gasteiger partial charge in [-0.1, -0.05) is 0 Å². The van der Waals surface area contributed by atoms with Crippen LogP contribution in [0.5, 0.6) is 0 Å². The first kappa shape index (κ1) is 9.58. The average molecular weight is 204 g/mol. The zero-order valence-electron chi connectivity index (χ0n) is 8.41. The molecule has 0 aliphatic carbocycles. The summed E-state index contributed by atoms with van der Waals surface area (Å²) in [4.78, 5) is 13.8. The van der Waals surface area contributed by atoms with Gasteiger partial charge in [-0.25, -0.2) is 0 Å². The first-order valence-corrected chi connectivity index (χ1v) is 4.66. The van der Waals surface area contributed by atoms with Crippen molar-refractivity contribution >= 4 is 5.69 Å². The van der Waals surface area contributed by atoms with Gasteiger partial charge in [0.2, 0.25) is 0 Å². The van der Waals surface area contributed by atoms with Gasteiger partial charge >= 0.3 is 0 Å². The van der Waals surface area contributed by atoms with E-state index in [9.17, 15) is 4.79 Å². The Hall–Kier alpha value is -1.97. The van der Waals surface area contributed by atoms with Gasteiger partial charge in [-0.15, -0.1) is 0 Å². The van der Waals surface area contributed by atoms with Gasteiger partial charge in [0.15, 0.2) is 0 Å². The van der Waals surface area contributed by atoms with Crippen LogP contribution in [0.25, 0.3) is 0 Å². The number of nitrogens with two attached hydrogens (primary N) is 1. The smallest absolute Gasteiger partial charge is 0.271 e. The third kappa shape index (κ3) is 1.79. The van der Waals surface area contributed by atoms with E-state index >= 15 is 0 Å². The van der Waals surface area contributed by atoms with Gasteiger partial charge in [-0.05, 0) is 29.7 Å². The third-order valence-corrected chi connectivity index (χ3v) is 2.48. The second kappa shape index (κ2) is 3.65. The van der Waals surface area contributed by atoms with E-state index in [0.29, 0.717) is 6.42 Å². The van der Waals surface area contributed by atoms with Gasteiger partial charge in [0, 0.05) is 12.6 Å². The van der Waals surface area contributed by atoms with E-state index in [4.69, 9.17) is 10.2 Å². The highest BCUT2D eigenvalue weighted by atomic mass is 16.3. The van der Waals surface area contributed by atoms with Crippen molar-refractivity contribution in [1.82, 2.24) is 4.98 Å². The van der Waals surface area contributed by atoms with E-state index in [1.807, 2.05) is 13.0 Å². The largest absolute Gasteiger partial charge is 0.472 e. The van der Waals surface area contributed by atoms with Crippen LogP contribution in [-0.2, 0) is 6.42 Å². The summed E-state index contributed by atoms with van der Waals surface area (Å²) in [6.07, 6.45) is 5.71. The Morgan fingerprint density at radius 2 is 2.33 bits per heavy atom. The highest BCUT2D eigenvalue weighted by molar-refractivity contribution is 5.48. The molecule has 78 valence electrons. The van der Waals surface area contributed by atoms with Gasteiger partial charge in [-0.3, -0.25) is 4.79 Å². The molecular formula is C11H12N2O2. The Balaban J connectivity index is 2.38. The molecular weight excluding hydrogens is 192 g/mol. The van der Waals surface area contributed by atoms with Gasteiger partial charge < -0.3 is 15.1 Å². The molecule has 0 amide bonds. The summed E-state index contributed by atoms with van der Waals surface area (Å²) < 4.78 is 4.98. The van der Waals surface area contributed by atoms with E-state index in [1.54, 1.807) is 18.7 Å². The molecule has 0 radical (unpaired) electrons. The van der Waals surface area contributed by atoms with Crippen LogP contribution < -0.4 is 11.3 Å².